The Kier molecular flexibility index (Phi) is 15.2. The molecular weight excluding hydrogens is 814 g/mol. The molecule has 0 aliphatic carbocycles. The number of anilines is 1. The number of methoxy groups -OCH3 is 1. The van der Waals surface area contributed by atoms with E-state index in [9.17, 15) is 27.9 Å². The monoisotopic (exact) mass is 863 g/mol. The third kappa shape index (κ3) is 11.8. The lowest BCUT2D eigenvalue weighted by molar-refractivity contribution is -0.127. The molecule has 2 aliphatic heterocycles. The van der Waals surface area contributed by atoms with E-state index in [1.165, 1.54) is 19.9 Å². The maximum absolute atomic E-state index is 15.3. The highest BCUT2D eigenvalue weighted by molar-refractivity contribution is 6.31. The van der Waals surface area contributed by atoms with Gasteiger partial charge >= 0.3 is 6.09 Å². The quantitative estimate of drug-likeness (QED) is 0.0774. The molecule has 4 heterocycles. The van der Waals surface area contributed by atoms with Crippen molar-refractivity contribution in [3.63, 3.8) is 0 Å². The summed E-state index contributed by atoms with van der Waals surface area (Å²) in [5.41, 5.74) is 2.04. The van der Waals surface area contributed by atoms with Crippen LogP contribution in [0, 0.1) is 23.1 Å². The number of hydrogen-bond acceptors (Lipinski definition) is 9. The highest BCUT2D eigenvalue weighted by atomic mass is 35.5. The summed E-state index contributed by atoms with van der Waals surface area (Å²) < 4.78 is 60.3. The number of nitrogens with one attached hydrogen (secondary N) is 3. The van der Waals surface area contributed by atoms with Crippen LogP contribution >= 0.6 is 11.6 Å². The lowest BCUT2D eigenvalue weighted by Gasteiger charge is -2.41. The standard InChI is InChI=1S/C45H50ClF4N7O4/c1-45(2,27-47)42(55-44(60)61-3)43(59)54-38(39(58)23-51-22-34-35(46)19-31(20-36(34)48)37-6-4-5-17-52-37)18-29-10-7-28(8-11-29)9-12-30-13-16-41(53-21-30)56-24-32-14-15-33(25-56)57(32)26-40(49)50/h4-8,10-11,13,16-17,19-21,32-33,38-40,42,51,58H,14-15,18,22-27H2,1-3H3,(H,54,59)(H,55,60)/t32?,33?,38-,39-,42+/m0/s1. The van der Waals surface area contributed by atoms with Crippen molar-refractivity contribution < 1.29 is 37.0 Å². The number of aromatic nitrogens is 2. The van der Waals surface area contributed by atoms with Crippen LogP contribution in [0.2, 0.25) is 5.02 Å². The fraction of sp³-hybridized carbons (Fsp3) is 0.422. The number of alkyl carbamates (subject to hydrolysis) is 1. The predicted molar refractivity (Wildman–Crippen MR) is 225 cm³/mol. The van der Waals surface area contributed by atoms with Gasteiger partial charge in [0.05, 0.1) is 38.2 Å². The van der Waals surface area contributed by atoms with Crippen LogP contribution in [0.5, 0.6) is 0 Å². The number of ether oxygens (including phenoxy) is 1. The SMILES string of the molecule is COC(=O)N[C@H](C(=O)N[C@@H](Cc1ccc(C#Cc2ccc(N3CC4CCC(C3)N4CC(F)F)nc2)cc1)[C@@H](O)CNCc1c(F)cc(-c2ccccn2)cc1Cl)C(C)(C)CF. The van der Waals surface area contributed by atoms with Gasteiger partial charge in [-0.1, -0.05) is 55.5 Å². The molecule has 0 saturated carbocycles. The highest BCUT2D eigenvalue weighted by Crippen LogP contribution is 2.33. The number of alkyl halides is 3. The van der Waals surface area contributed by atoms with Crippen molar-refractivity contribution in [2.45, 2.75) is 76.4 Å². The van der Waals surface area contributed by atoms with Gasteiger partial charge in [-0.15, -0.1) is 0 Å². The van der Waals surface area contributed by atoms with Gasteiger partial charge in [0.2, 0.25) is 5.91 Å². The third-order valence-electron chi connectivity index (χ3n) is 11.2. The molecule has 6 rings (SSSR count). The molecule has 4 N–H and O–H groups in total. The van der Waals surface area contributed by atoms with Crippen molar-refractivity contribution in [2.24, 2.45) is 5.41 Å². The zero-order chi connectivity index (χ0) is 43.7. The van der Waals surface area contributed by atoms with E-state index < -0.39 is 54.5 Å². The average Bonchev–Trinajstić information content (AvgIpc) is 3.46. The number of aliphatic hydroxyl groups is 1. The number of halogens is 5. The van der Waals surface area contributed by atoms with E-state index in [4.69, 9.17) is 11.6 Å². The molecule has 2 saturated heterocycles. The first kappa shape index (κ1) is 45.3. The number of pyridine rings is 2. The Hall–Kier alpha value is -5.27. The molecule has 16 heteroatoms. The summed E-state index contributed by atoms with van der Waals surface area (Å²) in [4.78, 5) is 38.8. The molecule has 61 heavy (non-hydrogen) atoms. The molecule has 2 aliphatic rings. The van der Waals surface area contributed by atoms with Crippen LogP contribution in [-0.2, 0) is 22.5 Å². The number of piperazine rings is 1. The topological polar surface area (TPSA) is 132 Å². The van der Waals surface area contributed by atoms with Crippen LogP contribution in [-0.4, -0.2) is 109 Å². The normalized spacial score (nSPS) is 17.9. The van der Waals surface area contributed by atoms with E-state index >= 15 is 4.39 Å². The number of fused-ring (bicyclic) bond motifs is 2. The Morgan fingerprint density at radius 1 is 1.00 bits per heavy atom. The molecule has 2 bridgehead atoms. The second-order valence-electron chi connectivity index (χ2n) is 16.1. The largest absolute Gasteiger partial charge is 0.453 e. The number of amides is 2. The Morgan fingerprint density at radius 2 is 1.70 bits per heavy atom. The molecule has 5 atom stereocenters. The van der Waals surface area contributed by atoms with Gasteiger partial charge in [0.15, 0.2) is 0 Å². The number of hydrogen-bond donors (Lipinski definition) is 4. The maximum Gasteiger partial charge on any atom is 0.407 e. The van der Waals surface area contributed by atoms with Crippen LogP contribution in [0.15, 0.2) is 79.1 Å². The van der Waals surface area contributed by atoms with Crippen molar-refractivity contribution in [1.82, 2.24) is 30.8 Å². The fourth-order valence-corrected chi connectivity index (χ4v) is 8.04. The smallest absolute Gasteiger partial charge is 0.407 e. The van der Waals surface area contributed by atoms with Gasteiger partial charge in [-0.2, -0.15) is 0 Å². The summed E-state index contributed by atoms with van der Waals surface area (Å²) in [6.07, 6.45) is 0.709. The van der Waals surface area contributed by atoms with E-state index in [1.807, 2.05) is 17.0 Å². The Balaban J connectivity index is 1.12. The van der Waals surface area contributed by atoms with Gasteiger partial charge in [-0.25, -0.2) is 22.9 Å². The second-order valence-corrected chi connectivity index (χ2v) is 16.5. The molecule has 4 aromatic rings. The Morgan fingerprint density at radius 3 is 2.31 bits per heavy atom. The molecule has 2 aromatic carbocycles. The van der Waals surface area contributed by atoms with Crippen LogP contribution < -0.4 is 20.9 Å². The lowest BCUT2D eigenvalue weighted by Crippen LogP contribution is -2.59. The highest BCUT2D eigenvalue weighted by Gasteiger charge is 2.41. The first-order valence-electron chi connectivity index (χ1n) is 20.1. The summed E-state index contributed by atoms with van der Waals surface area (Å²) in [6, 6.07) is 17.1. The minimum atomic E-state index is -2.35. The van der Waals surface area contributed by atoms with Gasteiger partial charge in [-0.05, 0) is 73.4 Å². The summed E-state index contributed by atoms with van der Waals surface area (Å²) in [7, 11) is 1.13. The molecular formula is C45H50ClF4N7O4. The van der Waals surface area contributed by atoms with Crippen molar-refractivity contribution in [3.8, 4) is 23.1 Å². The van der Waals surface area contributed by atoms with Gasteiger partial charge in [0.1, 0.15) is 17.7 Å². The Bertz CT molecular complexity index is 2140. The van der Waals surface area contributed by atoms with Gasteiger partial charge in [0, 0.05) is 83.3 Å². The zero-order valence-corrected chi connectivity index (χ0v) is 34.9. The Labute approximate surface area is 358 Å². The molecule has 0 spiro atoms. The minimum absolute atomic E-state index is 0.0423. The van der Waals surface area contributed by atoms with E-state index in [1.54, 1.807) is 60.9 Å². The molecule has 2 aromatic heterocycles. The maximum atomic E-state index is 15.3. The van der Waals surface area contributed by atoms with Gasteiger partial charge in [0.25, 0.3) is 6.43 Å². The minimum Gasteiger partial charge on any atom is -0.453 e. The van der Waals surface area contributed by atoms with Crippen LogP contribution in [0.4, 0.5) is 28.2 Å². The van der Waals surface area contributed by atoms with Crippen molar-refractivity contribution in [2.75, 3.05) is 44.9 Å². The van der Waals surface area contributed by atoms with Crippen molar-refractivity contribution >= 4 is 29.4 Å². The average molecular weight is 864 g/mol. The molecule has 324 valence electrons. The van der Waals surface area contributed by atoms with Crippen LogP contribution in [0.3, 0.4) is 0 Å². The summed E-state index contributed by atoms with van der Waals surface area (Å²) >= 11 is 6.48. The van der Waals surface area contributed by atoms with E-state index in [-0.39, 0.29) is 48.7 Å². The molecule has 2 fully saturated rings. The molecule has 11 nitrogen and oxygen atoms in total. The first-order valence-corrected chi connectivity index (χ1v) is 20.5. The van der Waals surface area contributed by atoms with Crippen molar-refractivity contribution in [1.29, 1.82) is 0 Å². The van der Waals surface area contributed by atoms with Crippen LogP contribution in [0.25, 0.3) is 11.3 Å². The van der Waals surface area contributed by atoms with E-state index in [0.29, 0.717) is 35.5 Å². The molecule has 0 radical (unpaired) electrons. The van der Waals surface area contributed by atoms with E-state index in [2.05, 4.69) is 47.4 Å². The number of rotatable bonds is 16. The molecule has 2 amide bonds. The number of nitrogens with zero attached hydrogens (tertiary/aromatic N) is 4. The second kappa shape index (κ2) is 20.5. The fourth-order valence-electron chi connectivity index (χ4n) is 7.76. The lowest BCUT2D eigenvalue weighted by atomic mass is 9.85. The predicted octanol–water partition coefficient (Wildman–Crippen LogP) is 6.15. The zero-order valence-electron chi connectivity index (χ0n) is 34.2. The van der Waals surface area contributed by atoms with E-state index in [0.717, 1.165) is 31.3 Å². The van der Waals surface area contributed by atoms with Gasteiger partial charge in [-0.3, -0.25) is 19.1 Å². The number of aliphatic hydroxyl groups excluding tert-OH is 1. The summed E-state index contributed by atoms with van der Waals surface area (Å²) in [5, 5.41) is 19.9. The summed E-state index contributed by atoms with van der Waals surface area (Å²) in [6.45, 7) is 3.00. The van der Waals surface area contributed by atoms with Crippen molar-refractivity contribution in [3.05, 3.63) is 112 Å². The van der Waals surface area contributed by atoms with Crippen LogP contribution in [0.1, 0.15) is 48.9 Å². The third-order valence-corrected chi connectivity index (χ3v) is 11.5. The first-order chi connectivity index (χ1) is 29.2. The van der Waals surface area contributed by atoms with Gasteiger partial charge < -0.3 is 30.7 Å². The summed E-state index contributed by atoms with van der Waals surface area (Å²) in [5.74, 6) is 5.74. The number of carbonyl (C=O) groups is 2. The molecule has 2 unspecified atom stereocenters. The number of carbonyl (C=O) groups excluding carboxylic acids is 2. The number of benzene rings is 2.